The van der Waals surface area contributed by atoms with Gasteiger partial charge in [0.2, 0.25) is 0 Å². The Hall–Kier alpha value is -2.84. The smallest absolute Gasteiger partial charge is 0.140 e. The lowest BCUT2D eigenvalue weighted by molar-refractivity contribution is 0.0605. The number of hydrogen-bond donors (Lipinski definition) is 1. The van der Waals surface area contributed by atoms with Gasteiger partial charge in [-0.2, -0.15) is 0 Å². The molecule has 1 N–H and O–H groups in total. The molecule has 0 saturated carbocycles. The first kappa shape index (κ1) is 18.5. The topological polar surface area (TPSA) is 23.2 Å². The molecule has 142 valence electrons. The van der Waals surface area contributed by atoms with Crippen molar-refractivity contribution < 1.29 is 5.11 Å². The first-order valence-corrected chi connectivity index (χ1v) is 9.89. The molecule has 1 aliphatic rings. The summed E-state index contributed by atoms with van der Waals surface area (Å²) in [5, 5.41) is 12.2. The molecule has 1 heterocycles. The van der Waals surface area contributed by atoms with E-state index in [9.17, 15) is 5.11 Å². The van der Waals surface area contributed by atoms with Crippen LogP contribution in [0.4, 0.5) is 0 Å². The van der Waals surface area contributed by atoms with E-state index in [4.69, 9.17) is 0 Å². The van der Waals surface area contributed by atoms with Gasteiger partial charge in [0.15, 0.2) is 0 Å². The van der Waals surface area contributed by atoms with Crippen LogP contribution in [0.3, 0.4) is 0 Å². The van der Waals surface area contributed by atoms with E-state index in [0.29, 0.717) is 0 Å². The molecule has 2 heteroatoms. The van der Waals surface area contributed by atoms with Gasteiger partial charge in [-0.3, -0.25) is 0 Å². The van der Waals surface area contributed by atoms with Crippen molar-refractivity contribution >= 4 is 0 Å². The molecule has 0 amide bonds. The Labute approximate surface area is 167 Å². The van der Waals surface area contributed by atoms with Gasteiger partial charge in [-0.05, 0) is 37.5 Å². The summed E-state index contributed by atoms with van der Waals surface area (Å²) < 4.78 is 0. The first-order chi connectivity index (χ1) is 13.5. The molecule has 2 unspecified atom stereocenters. The van der Waals surface area contributed by atoms with E-state index in [2.05, 4.69) is 49.9 Å². The average molecular weight is 370 g/mol. The van der Waals surface area contributed by atoms with Crippen LogP contribution in [0.5, 0.6) is 0 Å². The van der Waals surface area contributed by atoms with Crippen molar-refractivity contribution in [2.45, 2.75) is 38.5 Å². The SMILES string of the molecule is CC(C)=C1C(C(O)(c2ccccc2)c2ccccc2)N1C(C)c1ccccc1. The predicted octanol–water partition coefficient (Wildman–Crippen LogP) is 5.66. The van der Waals surface area contributed by atoms with Crippen molar-refractivity contribution in [2.24, 2.45) is 0 Å². The van der Waals surface area contributed by atoms with Crippen molar-refractivity contribution in [3.63, 3.8) is 0 Å². The quantitative estimate of drug-likeness (QED) is 0.586. The highest BCUT2D eigenvalue weighted by molar-refractivity contribution is 5.49. The summed E-state index contributed by atoms with van der Waals surface area (Å²) >= 11 is 0. The van der Waals surface area contributed by atoms with Crippen molar-refractivity contribution in [1.29, 1.82) is 0 Å². The highest BCUT2D eigenvalue weighted by Gasteiger charge is 2.58. The van der Waals surface area contributed by atoms with Crippen LogP contribution < -0.4 is 0 Å². The Morgan fingerprint density at radius 3 is 1.64 bits per heavy atom. The van der Waals surface area contributed by atoms with Crippen LogP contribution in [0.2, 0.25) is 0 Å². The van der Waals surface area contributed by atoms with Gasteiger partial charge in [0.1, 0.15) is 11.6 Å². The summed E-state index contributed by atoms with van der Waals surface area (Å²) in [5.74, 6) is 0. The van der Waals surface area contributed by atoms with Crippen molar-refractivity contribution in [3.05, 3.63) is 119 Å². The van der Waals surface area contributed by atoms with Crippen LogP contribution in [0, 0.1) is 0 Å². The molecule has 0 radical (unpaired) electrons. The number of rotatable bonds is 5. The Bertz CT molecular complexity index is 920. The summed E-state index contributed by atoms with van der Waals surface area (Å²) in [6.07, 6.45) is 0. The van der Waals surface area contributed by atoms with Gasteiger partial charge >= 0.3 is 0 Å². The van der Waals surface area contributed by atoms with E-state index in [1.165, 1.54) is 16.8 Å². The van der Waals surface area contributed by atoms with Crippen molar-refractivity contribution in [3.8, 4) is 0 Å². The average Bonchev–Trinajstić information content (AvgIpc) is 3.51. The molecule has 2 nitrogen and oxygen atoms in total. The summed E-state index contributed by atoms with van der Waals surface area (Å²) in [6, 6.07) is 30.7. The van der Waals surface area contributed by atoms with Crippen molar-refractivity contribution in [2.75, 3.05) is 0 Å². The van der Waals surface area contributed by atoms with Gasteiger partial charge in [-0.1, -0.05) is 96.6 Å². The minimum absolute atomic E-state index is 0.0856. The van der Waals surface area contributed by atoms with Crippen LogP contribution in [0.15, 0.2) is 102 Å². The molecular weight excluding hydrogens is 342 g/mol. The van der Waals surface area contributed by atoms with E-state index in [1.807, 2.05) is 66.7 Å². The van der Waals surface area contributed by atoms with Gasteiger partial charge in [-0.25, -0.2) is 0 Å². The number of hydrogen-bond acceptors (Lipinski definition) is 2. The molecule has 1 saturated heterocycles. The molecule has 0 aromatic heterocycles. The predicted molar refractivity (Wildman–Crippen MR) is 115 cm³/mol. The van der Waals surface area contributed by atoms with E-state index in [0.717, 1.165) is 11.1 Å². The van der Waals surface area contributed by atoms with E-state index in [-0.39, 0.29) is 12.1 Å². The maximum absolute atomic E-state index is 12.2. The number of nitrogens with zero attached hydrogens (tertiary/aromatic N) is 1. The summed E-state index contributed by atoms with van der Waals surface area (Å²) in [5.41, 5.74) is 4.48. The van der Waals surface area contributed by atoms with Gasteiger partial charge in [0.05, 0.1) is 6.04 Å². The molecule has 0 bridgehead atoms. The lowest BCUT2D eigenvalue weighted by Gasteiger charge is -2.30. The lowest BCUT2D eigenvalue weighted by Crippen LogP contribution is -2.36. The molecule has 2 atom stereocenters. The minimum atomic E-state index is -1.10. The fourth-order valence-corrected chi connectivity index (χ4v) is 4.33. The van der Waals surface area contributed by atoms with E-state index >= 15 is 0 Å². The van der Waals surface area contributed by atoms with E-state index in [1.54, 1.807) is 0 Å². The Balaban J connectivity index is 1.83. The Morgan fingerprint density at radius 2 is 1.21 bits per heavy atom. The molecule has 3 aromatic rings. The van der Waals surface area contributed by atoms with Crippen LogP contribution in [0.25, 0.3) is 0 Å². The fourth-order valence-electron chi connectivity index (χ4n) is 4.33. The number of benzene rings is 3. The third kappa shape index (κ3) is 3.04. The number of allylic oxidation sites excluding steroid dienone is 1. The molecule has 28 heavy (non-hydrogen) atoms. The maximum Gasteiger partial charge on any atom is 0.140 e. The van der Waals surface area contributed by atoms with Gasteiger partial charge in [0.25, 0.3) is 0 Å². The second kappa shape index (κ2) is 7.29. The molecule has 0 spiro atoms. The third-order valence-corrected chi connectivity index (χ3v) is 5.78. The molecule has 0 aliphatic carbocycles. The molecule has 3 aromatic carbocycles. The normalized spacial score (nSPS) is 17.4. The molecular formula is C26H27NO. The van der Waals surface area contributed by atoms with Crippen LogP contribution in [0.1, 0.15) is 43.5 Å². The maximum atomic E-state index is 12.2. The fraction of sp³-hybridized carbons (Fsp3) is 0.231. The number of aliphatic hydroxyl groups is 1. The Morgan fingerprint density at radius 1 is 0.786 bits per heavy atom. The third-order valence-electron chi connectivity index (χ3n) is 5.78. The zero-order valence-corrected chi connectivity index (χ0v) is 16.7. The highest BCUT2D eigenvalue weighted by Crippen LogP contribution is 2.54. The lowest BCUT2D eigenvalue weighted by atomic mass is 9.82. The molecule has 4 rings (SSSR count). The van der Waals surface area contributed by atoms with Gasteiger partial charge in [-0.15, -0.1) is 0 Å². The van der Waals surface area contributed by atoms with Gasteiger partial charge in [0, 0.05) is 5.70 Å². The summed E-state index contributed by atoms with van der Waals surface area (Å²) in [7, 11) is 0. The second-order valence-electron chi connectivity index (χ2n) is 7.78. The standard InChI is InChI=1S/C26H27NO/c1-19(2)24-25(27(24)20(3)21-13-7-4-8-14-21)26(28,22-15-9-5-10-16-22)23-17-11-6-12-18-23/h4-18,20,25,28H,1-3H3. The van der Waals surface area contributed by atoms with E-state index < -0.39 is 5.60 Å². The molecule has 1 fully saturated rings. The zero-order valence-electron chi connectivity index (χ0n) is 16.7. The van der Waals surface area contributed by atoms with Crippen LogP contribution in [-0.2, 0) is 5.60 Å². The second-order valence-corrected chi connectivity index (χ2v) is 7.78. The first-order valence-electron chi connectivity index (χ1n) is 9.89. The van der Waals surface area contributed by atoms with Crippen LogP contribution in [-0.4, -0.2) is 16.0 Å². The Kier molecular flexibility index (Phi) is 4.82. The van der Waals surface area contributed by atoms with Crippen molar-refractivity contribution in [1.82, 2.24) is 4.90 Å². The molecule has 1 aliphatic heterocycles. The van der Waals surface area contributed by atoms with Crippen LogP contribution >= 0.6 is 0 Å². The summed E-state index contributed by atoms with van der Waals surface area (Å²) in [4.78, 5) is 2.37. The van der Waals surface area contributed by atoms with Gasteiger partial charge < -0.3 is 10.0 Å². The highest BCUT2D eigenvalue weighted by atomic mass is 16.3. The zero-order chi connectivity index (χ0) is 19.7. The largest absolute Gasteiger partial charge is 0.378 e. The minimum Gasteiger partial charge on any atom is -0.378 e. The summed E-state index contributed by atoms with van der Waals surface area (Å²) in [6.45, 7) is 6.49. The monoisotopic (exact) mass is 369 g/mol.